The zero-order chi connectivity index (χ0) is 11.7. The minimum atomic E-state index is -1.000. The van der Waals surface area contributed by atoms with E-state index in [9.17, 15) is 4.79 Å². The van der Waals surface area contributed by atoms with Crippen molar-refractivity contribution in [3.8, 4) is 0 Å². The molecule has 0 aliphatic carbocycles. The number of rotatable bonds is 2. The lowest BCUT2D eigenvalue weighted by Crippen LogP contribution is -2.05. The van der Waals surface area contributed by atoms with Crippen molar-refractivity contribution in [2.75, 3.05) is 0 Å². The number of halogens is 1. The van der Waals surface area contributed by atoms with Crippen LogP contribution in [0.5, 0.6) is 0 Å². The van der Waals surface area contributed by atoms with Crippen LogP contribution in [0, 0.1) is 0 Å². The Labute approximate surface area is 103 Å². The lowest BCUT2D eigenvalue weighted by molar-refractivity contribution is -0.136. The second-order valence-corrected chi connectivity index (χ2v) is 4.33. The van der Waals surface area contributed by atoms with E-state index < -0.39 is 11.2 Å². The lowest BCUT2D eigenvalue weighted by atomic mass is 10.0. The molecule has 2 nitrogen and oxygen atoms in total. The number of thiol groups is 1. The van der Waals surface area contributed by atoms with E-state index >= 15 is 0 Å². The Morgan fingerprint density at radius 1 is 1.25 bits per heavy atom. The highest BCUT2D eigenvalue weighted by molar-refractivity contribution is 7.81. The number of carboxylic acid groups (broad SMARTS) is 1. The molecule has 2 aromatic rings. The molecule has 0 aliphatic heterocycles. The number of carboxylic acids is 1. The quantitative estimate of drug-likeness (QED) is 0.802. The normalized spacial score (nSPS) is 12.6. The van der Waals surface area contributed by atoms with Gasteiger partial charge in [-0.1, -0.05) is 48.0 Å². The van der Waals surface area contributed by atoms with Crippen LogP contribution < -0.4 is 0 Å². The molecule has 4 heteroatoms. The number of fused-ring (bicyclic) bond motifs is 1. The van der Waals surface area contributed by atoms with Crippen molar-refractivity contribution in [2.24, 2.45) is 0 Å². The molecule has 0 spiro atoms. The van der Waals surface area contributed by atoms with Crippen molar-refractivity contribution in [3.05, 3.63) is 47.0 Å². The van der Waals surface area contributed by atoms with Gasteiger partial charge in [-0.25, -0.2) is 0 Å². The number of benzene rings is 2. The Kier molecular flexibility index (Phi) is 3.08. The minimum absolute atomic E-state index is 0.459. The van der Waals surface area contributed by atoms with E-state index in [1.54, 1.807) is 6.07 Å². The molecule has 2 rings (SSSR count). The zero-order valence-corrected chi connectivity index (χ0v) is 9.87. The molecular weight excluding hydrogens is 244 g/mol. The van der Waals surface area contributed by atoms with E-state index in [0.29, 0.717) is 10.6 Å². The van der Waals surface area contributed by atoms with Gasteiger partial charge in [0.2, 0.25) is 0 Å². The first-order chi connectivity index (χ1) is 7.61. The molecule has 82 valence electrons. The predicted octanol–water partition coefficient (Wildman–Crippen LogP) is 3.55. The average Bonchev–Trinajstić information content (AvgIpc) is 2.29. The molecule has 0 saturated carbocycles. The first kappa shape index (κ1) is 11.3. The van der Waals surface area contributed by atoms with Gasteiger partial charge in [0.25, 0.3) is 0 Å². The van der Waals surface area contributed by atoms with Crippen LogP contribution >= 0.6 is 24.2 Å². The van der Waals surface area contributed by atoms with Crippen molar-refractivity contribution in [3.63, 3.8) is 0 Å². The summed E-state index contributed by atoms with van der Waals surface area (Å²) in [5.74, 6) is -1.000. The largest absolute Gasteiger partial charge is 0.480 e. The van der Waals surface area contributed by atoms with Crippen LogP contribution in [-0.2, 0) is 4.79 Å². The predicted molar refractivity (Wildman–Crippen MR) is 68.3 cm³/mol. The van der Waals surface area contributed by atoms with Gasteiger partial charge < -0.3 is 5.11 Å². The molecular formula is C12H9ClO2S. The van der Waals surface area contributed by atoms with Gasteiger partial charge in [-0.3, -0.25) is 4.79 Å². The zero-order valence-electron chi connectivity index (χ0n) is 8.22. The van der Waals surface area contributed by atoms with E-state index in [-0.39, 0.29) is 0 Å². The SMILES string of the molecule is O=C(O)C(S)c1ccc2ccccc2c1Cl. The average molecular weight is 253 g/mol. The number of carbonyl (C=O) groups is 1. The molecule has 0 aromatic heterocycles. The topological polar surface area (TPSA) is 37.3 Å². The molecule has 1 atom stereocenters. The maximum Gasteiger partial charge on any atom is 0.320 e. The van der Waals surface area contributed by atoms with Gasteiger partial charge >= 0.3 is 5.97 Å². The van der Waals surface area contributed by atoms with Crippen molar-refractivity contribution in [1.82, 2.24) is 0 Å². The smallest absolute Gasteiger partial charge is 0.320 e. The van der Waals surface area contributed by atoms with Gasteiger partial charge in [-0.05, 0) is 10.9 Å². The Hall–Kier alpha value is -1.19. The van der Waals surface area contributed by atoms with E-state index in [2.05, 4.69) is 12.6 Å². The number of hydrogen-bond acceptors (Lipinski definition) is 2. The third-order valence-corrected chi connectivity index (χ3v) is 3.34. The van der Waals surface area contributed by atoms with E-state index in [1.807, 2.05) is 30.3 Å². The van der Waals surface area contributed by atoms with Crippen LogP contribution in [0.1, 0.15) is 10.8 Å². The fraction of sp³-hybridized carbons (Fsp3) is 0.0833. The summed E-state index contributed by atoms with van der Waals surface area (Å²) < 4.78 is 0. The van der Waals surface area contributed by atoms with Gasteiger partial charge in [0.15, 0.2) is 0 Å². The van der Waals surface area contributed by atoms with Gasteiger partial charge in [0.05, 0.1) is 5.02 Å². The van der Waals surface area contributed by atoms with Crippen molar-refractivity contribution >= 4 is 41.0 Å². The summed E-state index contributed by atoms with van der Waals surface area (Å²) >= 11 is 10.2. The van der Waals surface area contributed by atoms with E-state index in [4.69, 9.17) is 16.7 Å². The standard InChI is InChI=1S/C12H9ClO2S/c13-10-8-4-2-1-3-7(8)5-6-9(10)11(16)12(14)15/h1-6,11,16H,(H,14,15). The molecule has 0 heterocycles. The summed E-state index contributed by atoms with van der Waals surface area (Å²) in [4.78, 5) is 10.9. The summed E-state index contributed by atoms with van der Waals surface area (Å²) in [6.07, 6.45) is 0. The second kappa shape index (κ2) is 4.36. The maximum absolute atomic E-state index is 10.9. The summed E-state index contributed by atoms with van der Waals surface area (Å²) in [7, 11) is 0. The number of hydrogen-bond donors (Lipinski definition) is 2. The second-order valence-electron chi connectivity index (χ2n) is 3.43. The molecule has 1 unspecified atom stereocenters. The summed E-state index contributed by atoms with van der Waals surface area (Å²) in [5, 5.41) is 10.3. The van der Waals surface area contributed by atoms with Gasteiger partial charge in [-0.15, -0.1) is 0 Å². The van der Waals surface area contributed by atoms with Gasteiger partial charge in [-0.2, -0.15) is 12.6 Å². The fourth-order valence-corrected chi connectivity index (χ4v) is 2.23. The summed E-state index contributed by atoms with van der Waals surface area (Å²) in [6, 6.07) is 11.1. The van der Waals surface area contributed by atoms with Crippen LogP contribution in [-0.4, -0.2) is 11.1 Å². The van der Waals surface area contributed by atoms with Crippen molar-refractivity contribution in [2.45, 2.75) is 5.25 Å². The van der Waals surface area contributed by atoms with Crippen molar-refractivity contribution < 1.29 is 9.90 Å². The fourth-order valence-electron chi connectivity index (χ4n) is 1.59. The number of aliphatic carboxylic acids is 1. The third-order valence-electron chi connectivity index (χ3n) is 2.42. The van der Waals surface area contributed by atoms with E-state index in [0.717, 1.165) is 10.8 Å². The lowest BCUT2D eigenvalue weighted by Gasteiger charge is -2.10. The molecule has 0 saturated heterocycles. The van der Waals surface area contributed by atoms with E-state index in [1.165, 1.54) is 0 Å². The Morgan fingerprint density at radius 2 is 1.94 bits per heavy atom. The summed E-state index contributed by atoms with van der Waals surface area (Å²) in [6.45, 7) is 0. The van der Waals surface area contributed by atoms with Gasteiger partial charge in [0, 0.05) is 5.39 Å². The molecule has 0 amide bonds. The van der Waals surface area contributed by atoms with Crippen molar-refractivity contribution in [1.29, 1.82) is 0 Å². The monoisotopic (exact) mass is 252 g/mol. The minimum Gasteiger partial charge on any atom is -0.480 e. The highest BCUT2D eigenvalue weighted by Crippen LogP contribution is 2.33. The van der Waals surface area contributed by atoms with Crippen LogP contribution in [0.2, 0.25) is 5.02 Å². The summed E-state index contributed by atoms with van der Waals surface area (Å²) in [5.41, 5.74) is 0.524. The first-order valence-electron chi connectivity index (χ1n) is 4.69. The van der Waals surface area contributed by atoms with Crippen LogP contribution in [0.4, 0.5) is 0 Å². The van der Waals surface area contributed by atoms with Gasteiger partial charge in [0.1, 0.15) is 5.25 Å². The van der Waals surface area contributed by atoms with Crippen LogP contribution in [0.3, 0.4) is 0 Å². The molecule has 0 aliphatic rings. The molecule has 16 heavy (non-hydrogen) atoms. The molecule has 0 fully saturated rings. The Balaban J connectivity index is 2.65. The highest BCUT2D eigenvalue weighted by atomic mass is 35.5. The van der Waals surface area contributed by atoms with Crippen LogP contribution in [0.15, 0.2) is 36.4 Å². The van der Waals surface area contributed by atoms with Crippen LogP contribution in [0.25, 0.3) is 10.8 Å². The maximum atomic E-state index is 10.9. The first-order valence-corrected chi connectivity index (χ1v) is 5.58. The Morgan fingerprint density at radius 3 is 2.62 bits per heavy atom. The molecule has 0 radical (unpaired) electrons. The molecule has 0 bridgehead atoms. The Bertz CT molecular complexity index is 554. The molecule has 1 N–H and O–H groups in total. The third kappa shape index (κ3) is 1.88. The molecule has 2 aromatic carbocycles. The highest BCUT2D eigenvalue weighted by Gasteiger charge is 2.18.